The molecule has 0 amide bonds. The summed E-state index contributed by atoms with van der Waals surface area (Å²) in [6.07, 6.45) is 1.50. The van der Waals surface area contributed by atoms with Crippen LogP contribution in [0.25, 0.3) is 5.69 Å². The first-order valence-electron chi connectivity index (χ1n) is 10.4. The van der Waals surface area contributed by atoms with Gasteiger partial charge >= 0.3 is 0 Å². The summed E-state index contributed by atoms with van der Waals surface area (Å²) in [5.41, 5.74) is 0.515. The predicted molar refractivity (Wildman–Crippen MR) is 119 cm³/mol. The first kappa shape index (κ1) is 20.9. The molecule has 2 saturated heterocycles. The van der Waals surface area contributed by atoms with E-state index in [1.54, 1.807) is 19.2 Å². The van der Waals surface area contributed by atoms with Gasteiger partial charge in [-0.3, -0.25) is 4.90 Å². The number of nitrogens with one attached hydrogen (secondary N) is 1. The van der Waals surface area contributed by atoms with Crippen LogP contribution < -0.4 is 15.0 Å². The van der Waals surface area contributed by atoms with Gasteiger partial charge in [0.15, 0.2) is 0 Å². The molecule has 2 aliphatic rings. The average Bonchev–Trinajstić information content (AvgIpc) is 3.23. The predicted octanol–water partition coefficient (Wildman–Crippen LogP) is 2.73. The van der Waals surface area contributed by atoms with Crippen molar-refractivity contribution in [2.75, 3.05) is 56.7 Å². The van der Waals surface area contributed by atoms with E-state index in [4.69, 9.17) is 26.1 Å². The molecule has 5 rings (SSSR count). The fourth-order valence-electron chi connectivity index (χ4n) is 3.77. The van der Waals surface area contributed by atoms with E-state index in [1.807, 2.05) is 6.07 Å². The number of piperazine rings is 1. The second-order valence-corrected chi connectivity index (χ2v) is 8.11. The van der Waals surface area contributed by atoms with E-state index in [1.165, 1.54) is 23.1 Å². The van der Waals surface area contributed by atoms with Crippen LogP contribution in [-0.4, -0.2) is 77.2 Å². The normalized spacial score (nSPS) is 17.3. The zero-order valence-electron chi connectivity index (χ0n) is 17.5. The topological polar surface area (TPSA) is 80.6 Å². The minimum absolute atomic E-state index is 0.0576. The van der Waals surface area contributed by atoms with Crippen LogP contribution in [0, 0.1) is 5.82 Å². The quantitative estimate of drug-likeness (QED) is 0.602. The van der Waals surface area contributed by atoms with Crippen molar-refractivity contribution in [3.63, 3.8) is 0 Å². The second kappa shape index (κ2) is 8.89. The van der Waals surface area contributed by atoms with Gasteiger partial charge in [0.05, 0.1) is 37.1 Å². The van der Waals surface area contributed by atoms with E-state index in [0.717, 1.165) is 45.2 Å². The molecule has 0 saturated carbocycles. The molecule has 11 heteroatoms. The fraction of sp³-hybridized carbons (Fsp3) is 0.381. The molecular formula is C21H23ClFN7O2. The highest BCUT2D eigenvalue weighted by atomic mass is 35.5. The molecule has 1 N–H and O–H groups in total. The summed E-state index contributed by atoms with van der Waals surface area (Å²) in [5, 5.41) is 7.53. The molecule has 32 heavy (non-hydrogen) atoms. The highest BCUT2D eigenvalue weighted by Crippen LogP contribution is 2.26. The third-order valence-corrected chi connectivity index (χ3v) is 6.00. The average molecular weight is 460 g/mol. The van der Waals surface area contributed by atoms with Crippen molar-refractivity contribution < 1.29 is 13.9 Å². The Balaban J connectivity index is 1.31. The van der Waals surface area contributed by atoms with Crippen LogP contribution in [0.4, 0.5) is 22.0 Å². The molecule has 0 atom stereocenters. The molecular weight excluding hydrogens is 437 g/mol. The standard InChI is InChI=1S/C21H23ClFN7O2/c1-31-16-9-19(25-20(10-16)29-6-4-28(5-7-29)15-11-32-12-15)26-21-24-13-30(27-21)14-2-3-17(22)18(23)8-14/h2-3,8-10,13,15H,4-7,11-12H2,1H3,(H,25,26,27). The van der Waals surface area contributed by atoms with Gasteiger partial charge in [-0.1, -0.05) is 11.6 Å². The molecule has 0 spiro atoms. The maximum absolute atomic E-state index is 13.8. The van der Waals surface area contributed by atoms with Gasteiger partial charge in [-0.25, -0.2) is 14.1 Å². The zero-order valence-corrected chi connectivity index (χ0v) is 18.3. The molecule has 0 aliphatic carbocycles. The van der Waals surface area contributed by atoms with E-state index < -0.39 is 5.82 Å². The lowest BCUT2D eigenvalue weighted by Crippen LogP contribution is -2.56. The van der Waals surface area contributed by atoms with Gasteiger partial charge in [0.25, 0.3) is 0 Å². The number of rotatable bonds is 6. The Morgan fingerprint density at radius 3 is 2.66 bits per heavy atom. The van der Waals surface area contributed by atoms with Gasteiger partial charge in [0.2, 0.25) is 5.95 Å². The van der Waals surface area contributed by atoms with Gasteiger partial charge in [-0.2, -0.15) is 4.98 Å². The van der Waals surface area contributed by atoms with E-state index in [9.17, 15) is 4.39 Å². The Morgan fingerprint density at radius 2 is 1.97 bits per heavy atom. The van der Waals surface area contributed by atoms with Gasteiger partial charge in [0.1, 0.15) is 29.5 Å². The largest absolute Gasteiger partial charge is 0.496 e. The summed E-state index contributed by atoms with van der Waals surface area (Å²) in [6.45, 7) is 5.36. The highest BCUT2D eigenvalue weighted by Gasteiger charge is 2.29. The Morgan fingerprint density at radius 1 is 1.16 bits per heavy atom. The van der Waals surface area contributed by atoms with Crippen LogP contribution in [0.2, 0.25) is 5.02 Å². The Kier molecular flexibility index (Phi) is 5.81. The summed E-state index contributed by atoms with van der Waals surface area (Å²) in [6, 6.07) is 8.71. The number of anilines is 3. The third kappa shape index (κ3) is 4.34. The summed E-state index contributed by atoms with van der Waals surface area (Å²) in [4.78, 5) is 13.7. The second-order valence-electron chi connectivity index (χ2n) is 7.70. The van der Waals surface area contributed by atoms with Gasteiger partial charge < -0.3 is 19.7 Å². The number of halogens is 2. The Hall–Kier alpha value is -2.95. The first-order valence-corrected chi connectivity index (χ1v) is 10.7. The minimum Gasteiger partial charge on any atom is -0.496 e. The molecule has 0 bridgehead atoms. The Labute approximate surface area is 189 Å². The van der Waals surface area contributed by atoms with Crippen molar-refractivity contribution in [3.8, 4) is 11.4 Å². The van der Waals surface area contributed by atoms with Crippen LogP contribution >= 0.6 is 11.6 Å². The minimum atomic E-state index is -0.516. The Bertz CT molecular complexity index is 1100. The molecule has 2 fully saturated rings. The lowest BCUT2D eigenvalue weighted by Gasteiger charge is -2.42. The van der Waals surface area contributed by atoms with Crippen LogP contribution in [0.3, 0.4) is 0 Å². The van der Waals surface area contributed by atoms with Crippen LogP contribution in [-0.2, 0) is 4.74 Å². The number of benzene rings is 1. The summed E-state index contributed by atoms with van der Waals surface area (Å²) in [5.74, 6) is 1.90. The van der Waals surface area contributed by atoms with Crippen molar-refractivity contribution in [3.05, 3.63) is 47.5 Å². The molecule has 0 unspecified atom stereocenters. The molecule has 9 nitrogen and oxygen atoms in total. The van der Waals surface area contributed by atoms with E-state index in [0.29, 0.717) is 29.2 Å². The van der Waals surface area contributed by atoms with Crippen molar-refractivity contribution >= 4 is 29.2 Å². The maximum atomic E-state index is 13.8. The number of hydrogen-bond acceptors (Lipinski definition) is 8. The molecule has 0 radical (unpaired) electrons. The first-order chi connectivity index (χ1) is 15.6. The number of aromatic nitrogens is 4. The van der Waals surface area contributed by atoms with Crippen molar-refractivity contribution in [2.45, 2.75) is 6.04 Å². The molecule has 4 heterocycles. The molecule has 168 valence electrons. The number of ether oxygens (including phenoxy) is 2. The monoisotopic (exact) mass is 459 g/mol. The zero-order chi connectivity index (χ0) is 22.1. The highest BCUT2D eigenvalue weighted by molar-refractivity contribution is 6.30. The molecule has 2 aliphatic heterocycles. The lowest BCUT2D eigenvalue weighted by atomic mass is 10.2. The molecule has 3 aromatic rings. The summed E-state index contributed by atoms with van der Waals surface area (Å²) in [7, 11) is 1.62. The smallest absolute Gasteiger partial charge is 0.248 e. The van der Waals surface area contributed by atoms with Gasteiger partial charge in [-0.15, -0.1) is 5.10 Å². The van der Waals surface area contributed by atoms with Crippen LogP contribution in [0.15, 0.2) is 36.7 Å². The number of pyridine rings is 1. The van der Waals surface area contributed by atoms with Crippen LogP contribution in [0.5, 0.6) is 5.75 Å². The maximum Gasteiger partial charge on any atom is 0.248 e. The van der Waals surface area contributed by atoms with E-state index in [2.05, 4.69) is 25.2 Å². The number of nitrogens with zero attached hydrogens (tertiary/aromatic N) is 6. The van der Waals surface area contributed by atoms with Gasteiger partial charge in [-0.05, 0) is 12.1 Å². The van der Waals surface area contributed by atoms with Crippen molar-refractivity contribution in [1.82, 2.24) is 24.6 Å². The molecule has 1 aromatic carbocycles. The SMILES string of the molecule is COc1cc(Nc2ncn(-c3ccc(Cl)c(F)c3)n2)nc(N2CCN(C3COC3)CC2)c1. The van der Waals surface area contributed by atoms with Crippen molar-refractivity contribution in [2.24, 2.45) is 0 Å². The summed E-state index contributed by atoms with van der Waals surface area (Å²) < 4.78 is 26.0. The van der Waals surface area contributed by atoms with Crippen molar-refractivity contribution in [1.29, 1.82) is 0 Å². The third-order valence-electron chi connectivity index (χ3n) is 5.70. The summed E-state index contributed by atoms with van der Waals surface area (Å²) >= 11 is 5.76. The lowest BCUT2D eigenvalue weighted by molar-refractivity contribution is -0.0660. The van der Waals surface area contributed by atoms with Crippen LogP contribution in [0.1, 0.15) is 0 Å². The number of methoxy groups -OCH3 is 1. The fourth-order valence-corrected chi connectivity index (χ4v) is 3.89. The van der Waals surface area contributed by atoms with Gasteiger partial charge in [0, 0.05) is 44.4 Å². The van der Waals surface area contributed by atoms with E-state index in [-0.39, 0.29) is 5.02 Å². The molecule has 2 aromatic heterocycles. The number of hydrogen-bond donors (Lipinski definition) is 1. The van der Waals surface area contributed by atoms with E-state index >= 15 is 0 Å².